The molecule has 0 unspecified atom stereocenters. The van der Waals surface area contributed by atoms with Crippen molar-refractivity contribution in [2.24, 2.45) is 5.92 Å². The highest BCUT2D eigenvalue weighted by atomic mass is 16.1. The maximum absolute atomic E-state index is 11.6. The van der Waals surface area contributed by atoms with Crippen LogP contribution >= 0.6 is 0 Å². The van der Waals surface area contributed by atoms with Crippen molar-refractivity contribution in [3.8, 4) is 0 Å². The summed E-state index contributed by atoms with van der Waals surface area (Å²) in [7, 11) is 0. The van der Waals surface area contributed by atoms with Crippen molar-refractivity contribution in [3.63, 3.8) is 0 Å². The van der Waals surface area contributed by atoms with Crippen LogP contribution in [-0.4, -0.2) is 24.0 Å². The number of carbonyl (C=O) groups is 1. The SMILES string of the molecule is CC(C)CCNC(=O)CN[C@@H](C)c1ccncc1. The Labute approximate surface area is 109 Å². The number of hydrogen-bond donors (Lipinski definition) is 2. The number of hydrogen-bond acceptors (Lipinski definition) is 3. The minimum absolute atomic E-state index is 0.0524. The molecule has 0 aliphatic heterocycles. The maximum Gasteiger partial charge on any atom is 0.233 e. The Kier molecular flexibility index (Phi) is 6.36. The summed E-state index contributed by atoms with van der Waals surface area (Å²) in [6.45, 7) is 7.44. The van der Waals surface area contributed by atoms with Crippen LogP contribution < -0.4 is 10.6 Å². The van der Waals surface area contributed by atoms with E-state index in [1.54, 1.807) is 12.4 Å². The van der Waals surface area contributed by atoms with E-state index in [1.807, 2.05) is 19.1 Å². The van der Waals surface area contributed by atoms with Crippen molar-refractivity contribution in [1.82, 2.24) is 15.6 Å². The van der Waals surface area contributed by atoms with Crippen molar-refractivity contribution < 1.29 is 4.79 Å². The summed E-state index contributed by atoms with van der Waals surface area (Å²) in [4.78, 5) is 15.5. The lowest BCUT2D eigenvalue weighted by Gasteiger charge is -2.14. The first-order chi connectivity index (χ1) is 8.59. The molecule has 4 nitrogen and oxygen atoms in total. The van der Waals surface area contributed by atoms with Gasteiger partial charge in [-0.25, -0.2) is 0 Å². The van der Waals surface area contributed by atoms with Crippen LogP contribution in [0.3, 0.4) is 0 Å². The molecule has 0 spiro atoms. The highest BCUT2D eigenvalue weighted by Gasteiger charge is 2.07. The number of aromatic nitrogens is 1. The summed E-state index contributed by atoms with van der Waals surface area (Å²) in [5.41, 5.74) is 1.14. The van der Waals surface area contributed by atoms with E-state index < -0.39 is 0 Å². The maximum atomic E-state index is 11.6. The summed E-state index contributed by atoms with van der Waals surface area (Å²) in [5.74, 6) is 0.672. The molecule has 1 rings (SSSR count). The van der Waals surface area contributed by atoms with Crippen LogP contribution in [0.4, 0.5) is 0 Å². The molecular weight excluding hydrogens is 226 g/mol. The van der Waals surface area contributed by atoms with Gasteiger partial charge in [0.25, 0.3) is 0 Å². The molecule has 0 saturated heterocycles. The van der Waals surface area contributed by atoms with Crippen LogP contribution in [0, 0.1) is 5.92 Å². The van der Waals surface area contributed by atoms with Gasteiger partial charge in [0.15, 0.2) is 0 Å². The molecule has 0 saturated carbocycles. The van der Waals surface area contributed by atoms with Gasteiger partial charge >= 0.3 is 0 Å². The molecule has 0 aliphatic carbocycles. The summed E-state index contributed by atoms with van der Waals surface area (Å²) in [5, 5.41) is 6.10. The Morgan fingerprint density at radius 1 is 1.28 bits per heavy atom. The van der Waals surface area contributed by atoms with E-state index in [4.69, 9.17) is 0 Å². The second-order valence-electron chi connectivity index (χ2n) is 4.92. The molecule has 18 heavy (non-hydrogen) atoms. The third kappa shape index (κ3) is 5.77. The predicted molar refractivity (Wildman–Crippen MR) is 73.1 cm³/mol. The molecule has 1 amide bonds. The average molecular weight is 249 g/mol. The minimum Gasteiger partial charge on any atom is -0.355 e. The van der Waals surface area contributed by atoms with Crippen molar-refractivity contribution in [3.05, 3.63) is 30.1 Å². The predicted octanol–water partition coefficient (Wildman–Crippen LogP) is 1.89. The summed E-state index contributed by atoms with van der Waals surface area (Å²) in [6.07, 6.45) is 4.54. The fourth-order valence-corrected chi connectivity index (χ4v) is 1.58. The Balaban J connectivity index is 2.22. The van der Waals surface area contributed by atoms with Crippen molar-refractivity contribution in [1.29, 1.82) is 0 Å². The largest absolute Gasteiger partial charge is 0.355 e. The average Bonchev–Trinajstić information content (AvgIpc) is 2.36. The van der Waals surface area contributed by atoms with E-state index in [0.29, 0.717) is 12.5 Å². The molecule has 0 bridgehead atoms. The van der Waals surface area contributed by atoms with E-state index >= 15 is 0 Å². The molecule has 2 N–H and O–H groups in total. The molecule has 4 heteroatoms. The number of nitrogens with zero attached hydrogens (tertiary/aromatic N) is 1. The molecule has 0 fully saturated rings. The summed E-state index contributed by atoms with van der Waals surface area (Å²) in [6, 6.07) is 4.06. The number of nitrogens with one attached hydrogen (secondary N) is 2. The smallest absolute Gasteiger partial charge is 0.233 e. The van der Waals surface area contributed by atoms with Crippen LogP contribution in [0.25, 0.3) is 0 Å². The molecule has 1 aromatic heterocycles. The Bertz CT molecular complexity index is 351. The van der Waals surface area contributed by atoms with Gasteiger partial charge in [0, 0.05) is 25.0 Å². The van der Waals surface area contributed by atoms with Gasteiger partial charge in [0.2, 0.25) is 5.91 Å². The Morgan fingerprint density at radius 3 is 2.56 bits per heavy atom. The number of amides is 1. The number of carbonyl (C=O) groups excluding carboxylic acids is 1. The van der Waals surface area contributed by atoms with E-state index in [-0.39, 0.29) is 11.9 Å². The zero-order valence-electron chi connectivity index (χ0n) is 11.4. The van der Waals surface area contributed by atoms with Crippen LogP contribution in [-0.2, 0) is 4.79 Å². The van der Waals surface area contributed by atoms with E-state index in [9.17, 15) is 4.79 Å². The Hall–Kier alpha value is -1.42. The van der Waals surface area contributed by atoms with E-state index in [2.05, 4.69) is 29.5 Å². The second-order valence-corrected chi connectivity index (χ2v) is 4.92. The minimum atomic E-state index is 0.0524. The Morgan fingerprint density at radius 2 is 1.94 bits per heavy atom. The number of rotatable bonds is 7. The molecule has 100 valence electrons. The van der Waals surface area contributed by atoms with E-state index in [1.165, 1.54) is 0 Å². The lowest BCUT2D eigenvalue weighted by molar-refractivity contribution is -0.120. The fraction of sp³-hybridized carbons (Fsp3) is 0.571. The van der Waals surface area contributed by atoms with Gasteiger partial charge in [-0.15, -0.1) is 0 Å². The quantitative estimate of drug-likeness (QED) is 0.776. The normalized spacial score (nSPS) is 12.4. The third-order valence-electron chi connectivity index (χ3n) is 2.82. The van der Waals surface area contributed by atoms with Gasteiger partial charge in [0.1, 0.15) is 0 Å². The highest BCUT2D eigenvalue weighted by molar-refractivity contribution is 5.77. The zero-order chi connectivity index (χ0) is 13.4. The first-order valence-corrected chi connectivity index (χ1v) is 6.49. The first-order valence-electron chi connectivity index (χ1n) is 6.49. The standard InChI is InChI=1S/C14H23N3O/c1-11(2)4-9-16-14(18)10-17-12(3)13-5-7-15-8-6-13/h5-8,11-12,17H,4,9-10H2,1-3H3,(H,16,18)/t12-/m0/s1. The first kappa shape index (κ1) is 14.6. The van der Waals surface area contributed by atoms with Crippen molar-refractivity contribution >= 4 is 5.91 Å². The lowest BCUT2D eigenvalue weighted by Crippen LogP contribution is -2.35. The van der Waals surface area contributed by atoms with Gasteiger partial charge in [-0.05, 0) is 37.0 Å². The van der Waals surface area contributed by atoms with Crippen molar-refractivity contribution in [2.45, 2.75) is 33.2 Å². The lowest BCUT2D eigenvalue weighted by atomic mass is 10.1. The fourth-order valence-electron chi connectivity index (χ4n) is 1.58. The summed E-state index contributed by atoms with van der Waals surface area (Å²) < 4.78 is 0. The molecule has 0 aromatic carbocycles. The van der Waals surface area contributed by atoms with Gasteiger partial charge in [-0.2, -0.15) is 0 Å². The van der Waals surface area contributed by atoms with Crippen LogP contribution in [0.15, 0.2) is 24.5 Å². The van der Waals surface area contributed by atoms with Crippen molar-refractivity contribution in [2.75, 3.05) is 13.1 Å². The molecule has 0 radical (unpaired) electrons. The molecule has 1 heterocycles. The van der Waals surface area contributed by atoms with Gasteiger partial charge in [0.05, 0.1) is 6.54 Å². The number of pyridine rings is 1. The van der Waals surface area contributed by atoms with Gasteiger partial charge in [-0.1, -0.05) is 13.8 Å². The zero-order valence-corrected chi connectivity index (χ0v) is 11.4. The van der Waals surface area contributed by atoms with E-state index in [0.717, 1.165) is 18.5 Å². The van der Waals surface area contributed by atoms with Crippen LogP contribution in [0.5, 0.6) is 0 Å². The monoisotopic (exact) mass is 249 g/mol. The molecule has 1 aromatic rings. The molecule has 1 atom stereocenters. The second kappa shape index (κ2) is 7.82. The molecule has 0 aliphatic rings. The van der Waals surface area contributed by atoms with Crippen LogP contribution in [0.1, 0.15) is 38.8 Å². The third-order valence-corrected chi connectivity index (χ3v) is 2.82. The summed E-state index contributed by atoms with van der Waals surface area (Å²) >= 11 is 0. The van der Waals surface area contributed by atoms with Gasteiger partial charge in [-0.3, -0.25) is 9.78 Å². The molecular formula is C14H23N3O. The van der Waals surface area contributed by atoms with Crippen LogP contribution in [0.2, 0.25) is 0 Å². The topological polar surface area (TPSA) is 54.0 Å². The van der Waals surface area contributed by atoms with Gasteiger partial charge < -0.3 is 10.6 Å². The highest BCUT2D eigenvalue weighted by Crippen LogP contribution is 2.09.